The van der Waals surface area contributed by atoms with E-state index in [9.17, 15) is 0 Å². The van der Waals surface area contributed by atoms with Gasteiger partial charge in [0.05, 0.1) is 13.7 Å². The maximum Gasteiger partial charge on any atom is 0.163 e. The first-order valence-corrected chi connectivity index (χ1v) is 8.43. The fourth-order valence-corrected chi connectivity index (χ4v) is 2.45. The van der Waals surface area contributed by atoms with Gasteiger partial charge in [-0.25, -0.2) is 9.97 Å². The summed E-state index contributed by atoms with van der Waals surface area (Å²) in [6, 6.07) is 11.4. The zero-order chi connectivity index (χ0) is 18.4. The third-order valence-electron chi connectivity index (χ3n) is 4.01. The van der Waals surface area contributed by atoms with Crippen molar-refractivity contribution in [1.29, 1.82) is 0 Å². The number of rotatable bonds is 7. The Hall–Kier alpha value is -3.15. The van der Waals surface area contributed by atoms with Gasteiger partial charge in [-0.1, -0.05) is 6.07 Å². The maximum atomic E-state index is 5.76. The molecule has 1 aromatic carbocycles. The average Bonchev–Trinajstić information content (AvgIpc) is 2.69. The second kappa shape index (κ2) is 8.29. The van der Waals surface area contributed by atoms with Crippen LogP contribution in [0.25, 0.3) is 11.4 Å². The van der Waals surface area contributed by atoms with Crippen LogP contribution in [0.5, 0.6) is 11.5 Å². The first-order chi connectivity index (χ1) is 12.7. The SMILES string of the molecule is COc1cccc(OCCNc2nc(-c3cccnc3)nc(C)c2C)c1. The molecule has 3 rings (SSSR count). The Bertz CT molecular complexity index is 869. The molecule has 26 heavy (non-hydrogen) atoms. The number of aryl methyl sites for hydroxylation is 1. The van der Waals surface area contributed by atoms with Gasteiger partial charge in [0.15, 0.2) is 5.82 Å². The van der Waals surface area contributed by atoms with Gasteiger partial charge >= 0.3 is 0 Å². The lowest BCUT2D eigenvalue weighted by molar-refractivity contribution is 0.329. The molecule has 2 heterocycles. The van der Waals surface area contributed by atoms with E-state index in [0.29, 0.717) is 19.0 Å². The molecule has 6 nitrogen and oxygen atoms in total. The van der Waals surface area contributed by atoms with Crippen molar-refractivity contribution in [3.63, 3.8) is 0 Å². The number of ether oxygens (including phenoxy) is 2. The zero-order valence-corrected chi connectivity index (χ0v) is 15.2. The molecule has 6 heteroatoms. The summed E-state index contributed by atoms with van der Waals surface area (Å²) in [4.78, 5) is 13.3. The smallest absolute Gasteiger partial charge is 0.163 e. The molecule has 0 unspecified atom stereocenters. The van der Waals surface area contributed by atoms with Crippen molar-refractivity contribution in [2.75, 3.05) is 25.6 Å². The lowest BCUT2D eigenvalue weighted by Gasteiger charge is -2.13. The number of aromatic nitrogens is 3. The maximum absolute atomic E-state index is 5.76. The van der Waals surface area contributed by atoms with Crippen molar-refractivity contribution < 1.29 is 9.47 Å². The lowest BCUT2D eigenvalue weighted by Crippen LogP contribution is -2.14. The molecule has 0 radical (unpaired) electrons. The van der Waals surface area contributed by atoms with Gasteiger partial charge in [-0.3, -0.25) is 4.98 Å². The van der Waals surface area contributed by atoms with E-state index in [-0.39, 0.29) is 0 Å². The van der Waals surface area contributed by atoms with E-state index >= 15 is 0 Å². The first kappa shape index (κ1) is 17.7. The van der Waals surface area contributed by atoms with E-state index < -0.39 is 0 Å². The summed E-state index contributed by atoms with van der Waals surface area (Å²) in [6.45, 7) is 5.13. The largest absolute Gasteiger partial charge is 0.497 e. The minimum absolute atomic E-state index is 0.512. The minimum atomic E-state index is 0.512. The number of pyridine rings is 1. The van der Waals surface area contributed by atoms with Crippen molar-refractivity contribution in [1.82, 2.24) is 15.0 Å². The average molecular weight is 350 g/mol. The van der Waals surface area contributed by atoms with Crippen molar-refractivity contribution >= 4 is 5.82 Å². The molecule has 3 aromatic rings. The van der Waals surface area contributed by atoms with Crippen LogP contribution in [0.2, 0.25) is 0 Å². The molecular formula is C20H22N4O2. The number of methoxy groups -OCH3 is 1. The van der Waals surface area contributed by atoms with Crippen LogP contribution in [0.1, 0.15) is 11.3 Å². The molecule has 0 saturated heterocycles. The van der Waals surface area contributed by atoms with Gasteiger partial charge < -0.3 is 14.8 Å². The molecule has 0 aliphatic heterocycles. The summed E-state index contributed by atoms with van der Waals surface area (Å²) in [5.74, 6) is 3.03. The Kier molecular flexibility index (Phi) is 5.63. The Labute approximate surface area is 153 Å². The molecule has 0 aliphatic rings. The number of hydrogen-bond acceptors (Lipinski definition) is 6. The quantitative estimate of drug-likeness (QED) is 0.656. The highest BCUT2D eigenvalue weighted by molar-refractivity contribution is 5.58. The van der Waals surface area contributed by atoms with Crippen molar-refractivity contribution in [2.24, 2.45) is 0 Å². The molecule has 0 amide bonds. The van der Waals surface area contributed by atoms with E-state index in [2.05, 4.69) is 20.3 Å². The highest BCUT2D eigenvalue weighted by Crippen LogP contribution is 2.21. The second-order valence-corrected chi connectivity index (χ2v) is 5.80. The highest BCUT2D eigenvalue weighted by atomic mass is 16.5. The summed E-state index contributed by atoms with van der Waals surface area (Å²) in [5.41, 5.74) is 2.86. The van der Waals surface area contributed by atoms with Crippen LogP contribution in [0.15, 0.2) is 48.8 Å². The summed E-state index contributed by atoms with van der Waals surface area (Å²) in [6.07, 6.45) is 3.50. The van der Waals surface area contributed by atoms with Crippen LogP contribution in [-0.2, 0) is 0 Å². The second-order valence-electron chi connectivity index (χ2n) is 5.80. The summed E-state index contributed by atoms with van der Waals surface area (Å²) < 4.78 is 11.0. The Morgan fingerprint density at radius 1 is 1.04 bits per heavy atom. The molecule has 2 aromatic heterocycles. The van der Waals surface area contributed by atoms with Gasteiger partial charge in [-0.05, 0) is 38.1 Å². The van der Waals surface area contributed by atoms with Crippen LogP contribution in [0, 0.1) is 13.8 Å². The van der Waals surface area contributed by atoms with Gasteiger partial charge in [-0.15, -0.1) is 0 Å². The summed E-state index contributed by atoms with van der Waals surface area (Å²) in [5, 5.41) is 3.34. The van der Waals surface area contributed by atoms with Gasteiger partial charge in [-0.2, -0.15) is 0 Å². The molecule has 0 atom stereocenters. The molecule has 0 fully saturated rings. The Morgan fingerprint density at radius 3 is 2.65 bits per heavy atom. The molecular weight excluding hydrogens is 328 g/mol. The first-order valence-electron chi connectivity index (χ1n) is 8.43. The third-order valence-corrected chi connectivity index (χ3v) is 4.01. The van der Waals surface area contributed by atoms with Gasteiger partial charge in [0.25, 0.3) is 0 Å². The number of nitrogens with one attached hydrogen (secondary N) is 1. The van der Waals surface area contributed by atoms with Crippen molar-refractivity contribution in [2.45, 2.75) is 13.8 Å². The van der Waals surface area contributed by atoms with Crippen LogP contribution in [0.4, 0.5) is 5.82 Å². The van der Waals surface area contributed by atoms with Gasteiger partial charge in [0.2, 0.25) is 0 Å². The summed E-state index contributed by atoms with van der Waals surface area (Å²) >= 11 is 0. The highest BCUT2D eigenvalue weighted by Gasteiger charge is 2.09. The lowest BCUT2D eigenvalue weighted by atomic mass is 10.2. The van der Waals surface area contributed by atoms with Crippen molar-refractivity contribution in [3.05, 3.63) is 60.0 Å². The van der Waals surface area contributed by atoms with Crippen LogP contribution in [-0.4, -0.2) is 35.2 Å². The molecule has 0 bridgehead atoms. The Balaban J connectivity index is 1.65. The number of benzene rings is 1. The van der Waals surface area contributed by atoms with Crippen LogP contribution < -0.4 is 14.8 Å². The molecule has 0 aliphatic carbocycles. The van der Waals surface area contributed by atoms with Gasteiger partial charge in [0, 0.05) is 35.3 Å². The number of nitrogens with zero attached hydrogens (tertiary/aromatic N) is 3. The normalized spacial score (nSPS) is 10.4. The molecule has 0 spiro atoms. The fourth-order valence-electron chi connectivity index (χ4n) is 2.45. The standard InChI is InChI=1S/C20H22N4O2/c1-14-15(2)23-20(16-6-5-9-21-13-16)24-19(14)22-10-11-26-18-8-4-7-17(12-18)25-3/h4-9,12-13H,10-11H2,1-3H3,(H,22,23,24). The minimum Gasteiger partial charge on any atom is -0.497 e. The van der Waals surface area contributed by atoms with E-state index in [1.165, 1.54) is 0 Å². The van der Waals surface area contributed by atoms with Crippen LogP contribution in [0.3, 0.4) is 0 Å². The van der Waals surface area contributed by atoms with Gasteiger partial charge in [0.1, 0.15) is 23.9 Å². The molecule has 1 N–H and O–H groups in total. The summed E-state index contributed by atoms with van der Waals surface area (Å²) in [7, 11) is 1.64. The predicted molar refractivity (Wildman–Crippen MR) is 102 cm³/mol. The van der Waals surface area contributed by atoms with Crippen LogP contribution >= 0.6 is 0 Å². The molecule has 134 valence electrons. The van der Waals surface area contributed by atoms with Crippen molar-refractivity contribution in [3.8, 4) is 22.9 Å². The van der Waals surface area contributed by atoms with E-state index in [4.69, 9.17) is 9.47 Å². The third kappa shape index (κ3) is 4.27. The number of anilines is 1. The van der Waals surface area contributed by atoms with E-state index in [0.717, 1.165) is 34.1 Å². The predicted octanol–water partition coefficient (Wildman–Crippen LogP) is 3.65. The fraction of sp³-hybridized carbons (Fsp3) is 0.250. The van der Waals surface area contributed by atoms with E-state index in [1.807, 2.05) is 50.2 Å². The zero-order valence-electron chi connectivity index (χ0n) is 15.2. The topological polar surface area (TPSA) is 69.2 Å². The number of hydrogen-bond donors (Lipinski definition) is 1. The Morgan fingerprint density at radius 2 is 1.88 bits per heavy atom. The van der Waals surface area contributed by atoms with E-state index in [1.54, 1.807) is 19.5 Å². The molecule has 0 saturated carbocycles. The monoisotopic (exact) mass is 350 g/mol.